The third-order valence-electron chi connectivity index (χ3n) is 4.90. The monoisotopic (exact) mass is 369 g/mol. The predicted molar refractivity (Wildman–Crippen MR) is 96.5 cm³/mol. The highest BCUT2D eigenvalue weighted by molar-refractivity contribution is 5.78. The summed E-state index contributed by atoms with van der Waals surface area (Å²) in [5.41, 5.74) is 1.19. The molecule has 1 aromatic carbocycles. The maximum Gasteiger partial charge on any atom is 0.315 e. The van der Waals surface area contributed by atoms with Crippen LogP contribution in [0.2, 0.25) is 0 Å². The Hall–Kier alpha value is -2.90. The quantitative estimate of drug-likeness (QED) is 0.777. The molecule has 1 aromatic heterocycles. The molecular formula is C19H23N5O3. The molecule has 142 valence electrons. The van der Waals surface area contributed by atoms with Crippen molar-refractivity contribution in [1.29, 1.82) is 0 Å². The summed E-state index contributed by atoms with van der Waals surface area (Å²) in [7, 11) is 0. The molecule has 27 heavy (non-hydrogen) atoms. The van der Waals surface area contributed by atoms with Crippen LogP contribution in [0.4, 0.5) is 4.79 Å². The van der Waals surface area contributed by atoms with Crippen LogP contribution < -0.4 is 10.6 Å². The van der Waals surface area contributed by atoms with Crippen LogP contribution in [-0.2, 0) is 17.8 Å². The van der Waals surface area contributed by atoms with Crippen molar-refractivity contribution in [3.05, 3.63) is 47.6 Å². The fraction of sp³-hybridized carbons (Fsp3) is 0.474. The highest BCUT2D eigenvalue weighted by Gasteiger charge is 2.35. The second-order valence-corrected chi connectivity index (χ2v) is 7.03. The van der Waals surface area contributed by atoms with Gasteiger partial charge in [-0.05, 0) is 31.2 Å². The first-order valence-electron chi connectivity index (χ1n) is 9.39. The van der Waals surface area contributed by atoms with Gasteiger partial charge in [0.25, 0.3) is 0 Å². The van der Waals surface area contributed by atoms with Crippen molar-refractivity contribution >= 4 is 11.9 Å². The van der Waals surface area contributed by atoms with Crippen LogP contribution in [0.3, 0.4) is 0 Å². The van der Waals surface area contributed by atoms with E-state index in [0.29, 0.717) is 37.1 Å². The molecule has 0 spiro atoms. The van der Waals surface area contributed by atoms with Crippen molar-refractivity contribution < 1.29 is 14.1 Å². The van der Waals surface area contributed by atoms with Crippen molar-refractivity contribution in [1.82, 2.24) is 25.7 Å². The number of rotatable bonds is 7. The Labute approximate surface area is 157 Å². The molecule has 2 fully saturated rings. The fourth-order valence-electron chi connectivity index (χ4n) is 3.26. The number of hydrogen-bond acceptors (Lipinski definition) is 5. The number of benzene rings is 1. The van der Waals surface area contributed by atoms with E-state index in [0.717, 1.165) is 19.3 Å². The van der Waals surface area contributed by atoms with Gasteiger partial charge in [-0.2, -0.15) is 4.98 Å². The molecule has 3 amide bonds. The summed E-state index contributed by atoms with van der Waals surface area (Å²) >= 11 is 0. The fourth-order valence-corrected chi connectivity index (χ4v) is 3.26. The molecule has 0 bridgehead atoms. The largest absolute Gasteiger partial charge is 0.337 e. The lowest BCUT2D eigenvalue weighted by molar-refractivity contribution is -0.129. The van der Waals surface area contributed by atoms with Crippen molar-refractivity contribution in [3.63, 3.8) is 0 Å². The van der Waals surface area contributed by atoms with Crippen molar-refractivity contribution in [2.75, 3.05) is 6.54 Å². The van der Waals surface area contributed by atoms with E-state index in [1.165, 1.54) is 5.56 Å². The van der Waals surface area contributed by atoms with Crippen molar-refractivity contribution in [2.45, 2.75) is 50.7 Å². The first kappa shape index (κ1) is 17.5. The van der Waals surface area contributed by atoms with Crippen LogP contribution in [0.1, 0.15) is 49.0 Å². The zero-order chi connectivity index (χ0) is 18.6. The van der Waals surface area contributed by atoms with E-state index >= 15 is 0 Å². The van der Waals surface area contributed by atoms with E-state index in [2.05, 4.69) is 32.9 Å². The number of hydrogen-bond donors (Lipinski definition) is 2. The molecule has 0 radical (unpaired) electrons. The molecule has 2 aliphatic rings. The topological polar surface area (TPSA) is 100 Å². The van der Waals surface area contributed by atoms with E-state index < -0.39 is 0 Å². The third kappa shape index (κ3) is 4.45. The van der Waals surface area contributed by atoms with Crippen LogP contribution >= 0.6 is 0 Å². The van der Waals surface area contributed by atoms with Gasteiger partial charge in [0.15, 0.2) is 5.82 Å². The molecule has 8 nitrogen and oxygen atoms in total. The number of amides is 3. The Bertz CT molecular complexity index is 803. The number of carbonyl (C=O) groups is 2. The van der Waals surface area contributed by atoms with Gasteiger partial charge in [-0.15, -0.1) is 0 Å². The number of aromatic nitrogens is 2. The normalized spacial score (nSPS) is 19.3. The lowest BCUT2D eigenvalue weighted by Gasteiger charge is -2.21. The van der Waals surface area contributed by atoms with Gasteiger partial charge in [0.05, 0.1) is 6.54 Å². The number of likely N-dealkylation sites (tertiary alicyclic amines) is 1. The van der Waals surface area contributed by atoms with Gasteiger partial charge < -0.3 is 20.1 Å². The molecule has 4 rings (SSSR count). The minimum atomic E-state index is -0.218. The SMILES string of the molecule is O=C(NCc1noc([C@@H]2CCC(=O)N2CCc2ccccc2)n1)NC1CC1. The molecule has 8 heteroatoms. The Morgan fingerprint density at radius 2 is 2.04 bits per heavy atom. The van der Waals surface area contributed by atoms with Crippen LogP contribution in [-0.4, -0.2) is 39.6 Å². The predicted octanol–water partition coefficient (Wildman–Crippen LogP) is 1.94. The summed E-state index contributed by atoms with van der Waals surface area (Å²) in [5, 5.41) is 9.51. The van der Waals surface area contributed by atoms with E-state index in [1.54, 1.807) is 0 Å². The lowest BCUT2D eigenvalue weighted by Crippen LogP contribution is -2.36. The number of nitrogens with one attached hydrogen (secondary N) is 2. The molecule has 1 aliphatic heterocycles. The first-order chi connectivity index (χ1) is 13.2. The Kier molecular flexibility index (Phi) is 5.04. The molecule has 1 saturated carbocycles. The van der Waals surface area contributed by atoms with Gasteiger partial charge in [-0.1, -0.05) is 35.5 Å². The summed E-state index contributed by atoms with van der Waals surface area (Å²) in [5.74, 6) is 0.962. The summed E-state index contributed by atoms with van der Waals surface area (Å²) < 4.78 is 5.38. The third-order valence-corrected chi connectivity index (χ3v) is 4.90. The maximum atomic E-state index is 12.3. The minimum absolute atomic E-state index is 0.109. The second-order valence-electron chi connectivity index (χ2n) is 7.03. The van der Waals surface area contributed by atoms with Crippen LogP contribution in [0.25, 0.3) is 0 Å². The molecule has 2 aromatic rings. The minimum Gasteiger partial charge on any atom is -0.337 e. The summed E-state index contributed by atoms with van der Waals surface area (Å²) in [6.07, 6.45) is 4.01. The summed E-state index contributed by atoms with van der Waals surface area (Å²) in [6.45, 7) is 0.819. The Morgan fingerprint density at radius 1 is 1.22 bits per heavy atom. The van der Waals surface area contributed by atoms with Crippen LogP contribution in [0.5, 0.6) is 0 Å². The average Bonchev–Trinajstić information content (AvgIpc) is 3.23. The molecule has 2 heterocycles. The van der Waals surface area contributed by atoms with E-state index in [9.17, 15) is 9.59 Å². The molecular weight excluding hydrogens is 346 g/mol. The Balaban J connectivity index is 1.34. The van der Waals surface area contributed by atoms with E-state index in [1.807, 2.05) is 23.1 Å². The molecule has 1 atom stereocenters. The molecule has 0 unspecified atom stereocenters. The zero-order valence-electron chi connectivity index (χ0n) is 15.1. The van der Waals surface area contributed by atoms with Gasteiger partial charge >= 0.3 is 6.03 Å². The molecule has 2 N–H and O–H groups in total. The van der Waals surface area contributed by atoms with Crippen molar-refractivity contribution in [2.24, 2.45) is 0 Å². The summed E-state index contributed by atoms with van der Waals surface area (Å²) in [4.78, 5) is 30.2. The maximum absolute atomic E-state index is 12.3. The van der Waals surface area contributed by atoms with Crippen molar-refractivity contribution in [3.8, 4) is 0 Å². The second kappa shape index (κ2) is 7.77. The number of carbonyl (C=O) groups excluding carboxylic acids is 2. The zero-order valence-corrected chi connectivity index (χ0v) is 15.1. The first-order valence-corrected chi connectivity index (χ1v) is 9.39. The van der Waals surface area contributed by atoms with E-state index in [4.69, 9.17) is 4.52 Å². The van der Waals surface area contributed by atoms with Crippen LogP contribution in [0, 0.1) is 0 Å². The summed E-state index contributed by atoms with van der Waals surface area (Å²) in [6, 6.07) is 9.97. The highest BCUT2D eigenvalue weighted by atomic mass is 16.5. The smallest absolute Gasteiger partial charge is 0.315 e. The number of nitrogens with zero attached hydrogens (tertiary/aromatic N) is 3. The Morgan fingerprint density at radius 3 is 2.81 bits per heavy atom. The molecule has 1 aliphatic carbocycles. The van der Waals surface area contributed by atoms with Gasteiger partial charge in [0.1, 0.15) is 6.04 Å². The molecule has 1 saturated heterocycles. The van der Waals surface area contributed by atoms with Gasteiger partial charge in [-0.3, -0.25) is 4.79 Å². The lowest BCUT2D eigenvalue weighted by atomic mass is 10.1. The number of urea groups is 1. The average molecular weight is 369 g/mol. The van der Waals surface area contributed by atoms with Gasteiger partial charge in [0.2, 0.25) is 11.8 Å². The van der Waals surface area contributed by atoms with Gasteiger partial charge in [-0.25, -0.2) is 4.79 Å². The standard InChI is InChI=1S/C19H23N5O3/c25-17-9-8-15(24(17)11-10-13-4-2-1-3-5-13)18-22-16(23-27-18)12-20-19(26)21-14-6-7-14/h1-5,14-15H,6-12H2,(H2,20,21,26)/t15-/m0/s1. The highest BCUT2D eigenvalue weighted by Crippen LogP contribution is 2.31. The van der Waals surface area contributed by atoms with Crippen LogP contribution in [0.15, 0.2) is 34.9 Å². The van der Waals surface area contributed by atoms with E-state index in [-0.39, 0.29) is 24.5 Å². The van der Waals surface area contributed by atoms with Gasteiger partial charge in [0, 0.05) is 19.0 Å².